The molecule has 1 aromatic rings. The maximum absolute atomic E-state index is 11.8. The van der Waals surface area contributed by atoms with E-state index in [9.17, 15) is 9.59 Å². The van der Waals surface area contributed by atoms with Crippen molar-refractivity contribution >= 4 is 33.6 Å². The van der Waals surface area contributed by atoms with Crippen LogP contribution in [0, 0.1) is 12.5 Å². The van der Waals surface area contributed by atoms with Gasteiger partial charge in [0.25, 0.3) is 0 Å². The lowest BCUT2D eigenvalue weighted by molar-refractivity contribution is -0.304. The fourth-order valence-corrected chi connectivity index (χ4v) is 3.84. The van der Waals surface area contributed by atoms with Gasteiger partial charge in [-0.25, -0.2) is 4.85 Å². The molecule has 0 amide bonds. The first-order valence-electron chi connectivity index (χ1n) is 8.98. The summed E-state index contributed by atoms with van der Waals surface area (Å²) in [7, 11) is 0. The summed E-state index contributed by atoms with van der Waals surface area (Å²) in [4.78, 5) is 27.1. The number of hydrogen-bond donors (Lipinski definition) is 0. The van der Waals surface area contributed by atoms with Gasteiger partial charge in [-0.2, -0.15) is 0 Å². The Hall–Kier alpha value is -2.11. The van der Waals surface area contributed by atoms with Crippen LogP contribution in [-0.2, 0) is 23.8 Å². The van der Waals surface area contributed by atoms with Gasteiger partial charge in [-0.3, -0.25) is 9.59 Å². The summed E-state index contributed by atoms with van der Waals surface area (Å²) in [5, 5.41) is 0. The molecule has 152 valence electrons. The van der Waals surface area contributed by atoms with Crippen LogP contribution in [0.4, 0.5) is 5.69 Å². The highest BCUT2D eigenvalue weighted by Crippen LogP contribution is 2.42. The zero-order valence-electron chi connectivity index (χ0n) is 16.5. The number of halogens is 1. The van der Waals surface area contributed by atoms with E-state index >= 15 is 0 Å². The van der Waals surface area contributed by atoms with Crippen LogP contribution in [0.2, 0.25) is 0 Å². The van der Waals surface area contributed by atoms with Crippen LogP contribution in [0.25, 0.3) is 4.85 Å². The van der Waals surface area contributed by atoms with Gasteiger partial charge < -0.3 is 18.9 Å². The van der Waals surface area contributed by atoms with E-state index in [-0.39, 0.29) is 23.5 Å². The Morgan fingerprint density at radius 2 is 2.00 bits per heavy atom. The zero-order chi connectivity index (χ0) is 21.1. The highest BCUT2D eigenvalue weighted by Gasteiger charge is 2.57. The van der Waals surface area contributed by atoms with Crippen LogP contribution >= 0.6 is 15.9 Å². The quantitative estimate of drug-likeness (QED) is 0.485. The van der Waals surface area contributed by atoms with E-state index in [1.165, 1.54) is 13.8 Å². The standard InChI is InChI=1S/C20H24BrNO6/c1-7-16-11(2)18(25-12(3)23)20(5,28-13(4)24)19(26-16)27-17-9-8-14(21)10-15(17)22-6/h8-11,16,18-19H,7H2,1-5H3/t11-,16-,18+,19-,20+/m1/s1. The van der Waals surface area contributed by atoms with Crippen LogP contribution < -0.4 is 4.74 Å². The number of hydrogen-bond acceptors (Lipinski definition) is 6. The zero-order valence-corrected chi connectivity index (χ0v) is 18.1. The predicted molar refractivity (Wildman–Crippen MR) is 105 cm³/mol. The molecular weight excluding hydrogens is 430 g/mol. The first-order valence-corrected chi connectivity index (χ1v) is 9.77. The minimum atomic E-state index is -1.39. The number of ether oxygens (including phenoxy) is 4. The molecule has 0 saturated carbocycles. The molecule has 1 aliphatic heterocycles. The third-order valence-corrected chi connectivity index (χ3v) is 5.22. The van der Waals surface area contributed by atoms with Gasteiger partial charge in [0.15, 0.2) is 6.10 Å². The van der Waals surface area contributed by atoms with Gasteiger partial charge in [-0.1, -0.05) is 29.8 Å². The second-order valence-corrected chi connectivity index (χ2v) is 7.84. The molecule has 1 aliphatic rings. The van der Waals surface area contributed by atoms with E-state index in [2.05, 4.69) is 20.8 Å². The second-order valence-electron chi connectivity index (χ2n) is 6.92. The average molecular weight is 454 g/mol. The molecule has 28 heavy (non-hydrogen) atoms. The Balaban J connectivity index is 2.49. The van der Waals surface area contributed by atoms with Crippen molar-refractivity contribution in [2.24, 2.45) is 5.92 Å². The van der Waals surface area contributed by atoms with Gasteiger partial charge in [0.1, 0.15) is 5.75 Å². The lowest BCUT2D eigenvalue weighted by Crippen LogP contribution is -2.65. The van der Waals surface area contributed by atoms with Crippen molar-refractivity contribution in [3.8, 4) is 5.75 Å². The lowest BCUT2D eigenvalue weighted by Gasteiger charge is -2.50. The van der Waals surface area contributed by atoms with Crippen molar-refractivity contribution in [1.82, 2.24) is 0 Å². The van der Waals surface area contributed by atoms with Crippen molar-refractivity contribution < 1.29 is 28.5 Å². The van der Waals surface area contributed by atoms with E-state index in [4.69, 9.17) is 25.5 Å². The molecule has 0 radical (unpaired) electrons. The smallest absolute Gasteiger partial charge is 0.303 e. The molecule has 7 nitrogen and oxygen atoms in total. The fraction of sp³-hybridized carbons (Fsp3) is 0.550. The summed E-state index contributed by atoms with van der Waals surface area (Å²) in [6.45, 7) is 15.4. The molecule has 1 saturated heterocycles. The van der Waals surface area contributed by atoms with Gasteiger partial charge in [0, 0.05) is 24.2 Å². The number of carbonyl (C=O) groups excluding carboxylic acids is 2. The van der Waals surface area contributed by atoms with Gasteiger partial charge in [0.2, 0.25) is 17.6 Å². The maximum Gasteiger partial charge on any atom is 0.303 e. The van der Waals surface area contributed by atoms with Crippen molar-refractivity contribution in [2.75, 3.05) is 0 Å². The number of rotatable bonds is 5. The van der Waals surface area contributed by atoms with E-state index in [1.54, 1.807) is 25.1 Å². The van der Waals surface area contributed by atoms with Crippen LogP contribution in [0.15, 0.2) is 22.7 Å². The van der Waals surface area contributed by atoms with E-state index in [0.717, 1.165) is 4.47 Å². The average Bonchev–Trinajstić information content (AvgIpc) is 2.61. The molecule has 0 unspecified atom stereocenters. The maximum atomic E-state index is 11.8. The van der Waals surface area contributed by atoms with Crippen molar-refractivity contribution in [1.29, 1.82) is 0 Å². The van der Waals surface area contributed by atoms with Crippen molar-refractivity contribution in [3.05, 3.63) is 34.1 Å². The van der Waals surface area contributed by atoms with E-state index < -0.39 is 29.9 Å². The largest absolute Gasteiger partial charge is 0.471 e. The van der Waals surface area contributed by atoms with E-state index in [1.807, 2.05) is 13.8 Å². The first-order chi connectivity index (χ1) is 13.1. The molecule has 1 heterocycles. The predicted octanol–water partition coefficient (Wildman–Crippen LogP) is 4.40. The molecule has 8 heteroatoms. The molecule has 0 spiro atoms. The molecule has 1 fully saturated rings. The summed E-state index contributed by atoms with van der Waals surface area (Å²) in [5.74, 6) is -0.993. The molecule has 5 atom stereocenters. The van der Waals surface area contributed by atoms with Crippen LogP contribution in [0.1, 0.15) is 41.0 Å². The highest BCUT2D eigenvalue weighted by molar-refractivity contribution is 9.10. The Bertz CT molecular complexity index is 791. The molecule has 0 bridgehead atoms. The molecule has 0 aromatic heterocycles. The second kappa shape index (κ2) is 8.93. The summed E-state index contributed by atoms with van der Waals surface area (Å²) in [6, 6.07) is 4.99. The van der Waals surface area contributed by atoms with Gasteiger partial charge in [-0.05, 0) is 31.5 Å². The molecule has 0 N–H and O–H groups in total. The van der Waals surface area contributed by atoms with Crippen molar-refractivity contribution in [3.63, 3.8) is 0 Å². The Kier molecular flexibility index (Phi) is 7.07. The molecular formula is C20H24BrNO6. The minimum absolute atomic E-state index is 0.233. The van der Waals surface area contributed by atoms with E-state index in [0.29, 0.717) is 6.42 Å². The van der Waals surface area contributed by atoms with Crippen LogP contribution in [0.3, 0.4) is 0 Å². The fourth-order valence-electron chi connectivity index (χ4n) is 3.49. The van der Waals surface area contributed by atoms with Gasteiger partial charge in [0.05, 0.1) is 12.7 Å². The first kappa shape index (κ1) is 22.2. The molecule has 0 aliphatic carbocycles. The van der Waals surface area contributed by atoms with Gasteiger partial charge >= 0.3 is 11.9 Å². The monoisotopic (exact) mass is 453 g/mol. The number of benzene rings is 1. The minimum Gasteiger partial charge on any atom is -0.471 e. The summed E-state index contributed by atoms with van der Waals surface area (Å²) in [6.07, 6.45) is -1.48. The normalized spacial score (nSPS) is 29.5. The lowest BCUT2D eigenvalue weighted by atomic mass is 9.81. The van der Waals surface area contributed by atoms with Crippen molar-refractivity contribution in [2.45, 2.75) is 65.1 Å². The van der Waals surface area contributed by atoms with Crippen LogP contribution in [0.5, 0.6) is 5.75 Å². The number of nitrogens with zero attached hydrogens (tertiary/aromatic N) is 1. The topological polar surface area (TPSA) is 75.4 Å². The summed E-state index contributed by atoms with van der Waals surface area (Å²) in [5.41, 5.74) is -1.12. The summed E-state index contributed by atoms with van der Waals surface area (Å²) < 4.78 is 24.0. The Labute approximate surface area is 173 Å². The number of esters is 2. The third-order valence-electron chi connectivity index (χ3n) is 4.73. The molecule has 1 aromatic carbocycles. The third kappa shape index (κ3) is 4.65. The Morgan fingerprint density at radius 1 is 1.32 bits per heavy atom. The van der Waals surface area contributed by atoms with Crippen LogP contribution in [-0.4, -0.2) is 36.0 Å². The molecule has 2 rings (SSSR count). The SMILES string of the molecule is [C-]#[N+]c1cc(Br)ccc1O[C@H]1O[C@H](CC)[C@@H](C)[C@H](OC(C)=O)[C@]1(C)OC(C)=O. The Morgan fingerprint density at radius 3 is 2.54 bits per heavy atom. The summed E-state index contributed by atoms with van der Waals surface area (Å²) >= 11 is 3.33. The highest BCUT2D eigenvalue weighted by atomic mass is 79.9. The number of carbonyl (C=O) groups is 2. The van der Waals surface area contributed by atoms with Gasteiger partial charge in [-0.15, -0.1) is 0 Å².